The largest absolute Gasteiger partial charge is 0.362 e. The Balaban J connectivity index is 0.000000194. The van der Waals surface area contributed by atoms with Crippen molar-refractivity contribution < 1.29 is 0 Å². The first kappa shape index (κ1) is 39.7. The summed E-state index contributed by atoms with van der Waals surface area (Å²) in [6, 6.07) is 2.32. The number of thioether (sulfide) groups is 2. The molecule has 0 amide bonds. The van der Waals surface area contributed by atoms with Gasteiger partial charge in [0.2, 0.25) is 0 Å². The zero-order valence-corrected chi connectivity index (χ0v) is 34.6. The first-order valence-corrected chi connectivity index (χ1v) is 23.3. The third-order valence-electron chi connectivity index (χ3n) is 10.7. The molecule has 2 aromatic heterocycles. The zero-order chi connectivity index (χ0) is 35.0. The molecule has 0 atom stereocenters. The Hall–Kier alpha value is -1.50. The van der Waals surface area contributed by atoms with E-state index in [0.717, 1.165) is 21.1 Å². The number of thiazole rings is 2. The highest BCUT2D eigenvalue weighted by molar-refractivity contribution is 8.13. The Morgan fingerprint density at radius 2 is 0.920 bits per heavy atom. The molecule has 0 spiro atoms. The molecule has 0 bridgehead atoms. The van der Waals surface area contributed by atoms with Gasteiger partial charge in [0.15, 0.2) is 19.9 Å². The summed E-state index contributed by atoms with van der Waals surface area (Å²) in [5, 5.41) is 14.4. The van der Waals surface area contributed by atoms with E-state index >= 15 is 0 Å². The number of hydrogen-bond acceptors (Lipinski definition) is 8. The summed E-state index contributed by atoms with van der Waals surface area (Å²) in [5.74, 6) is 1.93. The maximum Gasteiger partial charge on any atom is 0.184 e. The van der Waals surface area contributed by atoms with E-state index in [4.69, 9.17) is 9.98 Å². The van der Waals surface area contributed by atoms with Crippen LogP contribution in [0.1, 0.15) is 140 Å². The topological polar surface area (TPSA) is 83.4 Å². The minimum absolute atomic E-state index is 0.532. The lowest BCUT2D eigenvalue weighted by molar-refractivity contribution is 0.410. The lowest BCUT2D eigenvalue weighted by Gasteiger charge is -2.26. The fourth-order valence-corrected chi connectivity index (χ4v) is 11.6. The van der Waals surface area contributed by atoms with Gasteiger partial charge in [-0.25, -0.2) is 0 Å². The number of aromatic nitrogens is 2. The van der Waals surface area contributed by atoms with Gasteiger partial charge in [-0.2, -0.15) is 0 Å². The molecule has 4 fully saturated rings. The van der Waals surface area contributed by atoms with Crippen molar-refractivity contribution in [2.75, 3.05) is 14.1 Å². The van der Waals surface area contributed by atoms with Crippen LogP contribution in [0.25, 0.3) is 0 Å². The molecule has 50 heavy (non-hydrogen) atoms. The van der Waals surface area contributed by atoms with Gasteiger partial charge in [0.25, 0.3) is 0 Å². The second-order valence-electron chi connectivity index (χ2n) is 14.6. The fraction of sp³-hybridized carbons (Fsp3) is 0.789. The minimum atomic E-state index is 0.532. The quantitative estimate of drug-likeness (QED) is 0.208. The van der Waals surface area contributed by atoms with Gasteiger partial charge in [-0.05, 0) is 51.4 Å². The van der Waals surface area contributed by atoms with Crippen LogP contribution in [-0.4, -0.2) is 57.7 Å². The molecule has 0 saturated heterocycles. The van der Waals surface area contributed by atoms with Gasteiger partial charge in [-0.3, -0.25) is 20.0 Å². The van der Waals surface area contributed by atoms with E-state index in [0.29, 0.717) is 24.2 Å². The van der Waals surface area contributed by atoms with Crippen LogP contribution in [0.5, 0.6) is 0 Å². The summed E-state index contributed by atoms with van der Waals surface area (Å²) in [6.07, 6.45) is 26.7. The molecule has 0 aromatic carbocycles. The van der Waals surface area contributed by atoms with Crippen LogP contribution in [0, 0.1) is 0 Å². The predicted molar refractivity (Wildman–Crippen MR) is 221 cm³/mol. The fourth-order valence-electron chi connectivity index (χ4n) is 7.58. The van der Waals surface area contributed by atoms with Crippen molar-refractivity contribution in [3.63, 3.8) is 0 Å². The summed E-state index contributed by atoms with van der Waals surface area (Å²) in [7, 11) is 7.95. The first-order chi connectivity index (χ1) is 24.5. The number of amidine groups is 2. The third kappa shape index (κ3) is 12.9. The molecule has 4 saturated carbocycles. The van der Waals surface area contributed by atoms with Crippen LogP contribution in [-0.2, 0) is 25.6 Å². The van der Waals surface area contributed by atoms with E-state index in [1.165, 1.54) is 150 Å². The zero-order valence-electron chi connectivity index (χ0n) is 31.3. The highest BCUT2D eigenvalue weighted by Crippen LogP contribution is 2.26. The number of hydrogen-bond donors (Lipinski definition) is 2. The molecule has 0 unspecified atom stereocenters. The van der Waals surface area contributed by atoms with Crippen LogP contribution in [0.2, 0.25) is 0 Å². The minimum Gasteiger partial charge on any atom is -0.362 e. The number of nitrogens with zero attached hydrogens (tertiary/aromatic N) is 6. The second-order valence-corrected chi connectivity index (χ2v) is 18.2. The van der Waals surface area contributed by atoms with Crippen molar-refractivity contribution in [1.82, 2.24) is 19.8 Å². The second kappa shape index (κ2) is 21.9. The smallest absolute Gasteiger partial charge is 0.184 e. The van der Waals surface area contributed by atoms with Gasteiger partial charge >= 0.3 is 0 Å². The summed E-state index contributed by atoms with van der Waals surface area (Å²) < 4.78 is 4.41. The van der Waals surface area contributed by atoms with Crippen molar-refractivity contribution in [2.45, 2.75) is 164 Å². The monoisotopic (exact) mass is 760 g/mol. The predicted octanol–water partition coefficient (Wildman–Crippen LogP) is 8.92. The van der Waals surface area contributed by atoms with Crippen molar-refractivity contribution in [2.24, 2.45) is 34.1 Å². The van der Waals surface area contributed by atoms with Gasteiger partial charge in [-0.1, -0.05) is 101 Å². The van der Waals surface area contributed by atoms with Crippen LogP contribution in [0.15, 0.2) is 30.7 Å². The van der Waals surface area contributed by atoms with Gasteiger partial charge in [0.1, 0.15) is 0 Å². The molecule has 6 rings (SSSR count). The standard InChI is InChI=1S/2C19H32N4S2/c2*1-20-19-23(2)17(14-25-19)13-24-18(21-15-9-5-3-6-10-15)22-16-11-7-4-8-12-16/h2*14-16H,3-13H2,1-2H3,(H,21,22). The number of rotatable bonds is 8. The van der Waals surface area contributed by atoms with Gasteiger partial charge in [-0.15, -0.1) is 22.7 Å². The summed E-state index contributed by atoms with van der Waals surface area (Å²) >= 11 is 7.21. The normalized spacial score (nSPS) is 21.7. The molecule has 0 aliphatic heterocycles. The van der Waals surface area contributed by atoms with Crippen LogP contribution in [0.4, 0.5) is 0 Å². The van der Waals surface area contributed by atoms with Crippen LogP contribution in [0.3, 0.4) is 0 Å². The summed E-state index contributed by atoms with van der Waals surface area (Å²) in [4.78, 5) is 21.1. The van der Waals surface area contributed by atoms with E-state index in [1.54, 1.807) is 22.7 Å². The third-order valence-corrected chi connectivity index (χ3v) is 14.7. The van der Waals surface area contributed by atoms with Gasteiger partial charge in [0.05, 0.1) is 12.1 Å². The molecule has 8 nitrogen and oxygen atoms in total. The average Bonchev–Trinajstić information content (AvgIpc) is 3.71. The van der Waals surface area contributed by atoms with Crippen LogP contribution < -0.4 is 20.2 Å². The Bertz CT molecular complexity index is 1350. The van der Waals surface area contributed by atoms with Gasteiger partial charge < -0.3 is 19.8 Å². The van der Waals surface area contributed by atoms with E-state index in [1.807, 2.05) is 37.6 Å². The summed E-state index contributed by atoms with van der Waals surface area (Å²) in [5.41, 5.74) is 2.66. The Labute approximate surface area is 318 Å². The Morgan fingerprint density at radius 1 is 0.580 bits per heavy atom. The molecule has 4 aliphatic carbocycles. The summed E-state index contributed by atoms with van der Waals surface area (Å²) in [6.45, 7) is 0. The molecular weight excluding hydrogens is 697 g/mol. The molecule has 2 aromatic rings. The van der Waals surface area contributed by atoms with Crippen LogP contribution >= 0.6 is 46.2 Å². The molecule has 0 radical (unpaired) electrons. The maximum atomic E-state index is 5.14. The average molecular weight is 761 g/mol. The lowest BCUT2D eigenvalue weighted by Crippen LogP contribution is -2.35. The van der Waals surface area contributed by atoms with E-state index in [2.05, 4.69) is 54.6 Å². The molecule has 12 heteroatoms. The molecule has 4 aliphatic rings. The van der Waals surface area contributed by atoms with Crippen molar-refractivity contribution in [3.8, 4) is 0 Å². The molecular formula is C38H64N8S4. The number of aliphatic imine (C=N–C) groups is 2. The highest BCUT2D eigenvalue weighted by Gasteiger charge is 2.20. The Kier molecular flexibility index (Phi) is 17.4. The first-order valence-electron chi connectivity index (χ1n) is 19.6. The number of nitrogens with one attached hydrogen (secondary N) is 2. The highest BCUT2D eigenvalue weighted by atomic mass is 32.2. The molecule has 2 N–H and O–H groups in total. The molecule has 2 heterocycles. The van der Waals surface area contributed by atoms with Crippen molar-refractivity contribution in [1.29, 1.82) is 0 Å². The maximum absolute atomic E-state index is 5.14. The Morgan fingerprint density at radius 3 is 1.24 bits per heavy atom. The molecule has 280 valence electrons. The SMILES string of the molecule is CN=c1scc(CSC(=NC2CCCCC2)NC2CCCCC2)n1C.CN=c1scc(CSC(=NC2CCCCC2)NC2CCCCC2)n1C. The van der Waals surface area contributed by atoms with Crippen molar-refractivity contribution in [3.05, 3.63) is 31.8 Å². The van der Waals surface area contributed by atoms with Crippen molar-refractivity contribution >= 4 is 56.5 Å². The van der Waals surface area contributed by atoms with E-state index in [9.17, 15) is 0 Å². The van der Waals surface area contributed by atoms with Gasteiger partial charge in [0, 0.05) is 73.9 Å². The van der Waals surface area contributed by atoms with E-state index in [-0.39, 0.29) is 0 Å². The van der Waals surface area contributed by atoms with E-state index < -0.39 is 0 Å². The lowest BCUT2D eigenvalue weighted by atomic mass is 9.95.